The van der Waals surface area contributed by atoms with Gasteiger partial charge in [-0.15, -0.1) is 0 Å². The lowest BCUT2D eigenvalue weighted by molar-refractivity contribution is 0.0854. The fourth-order valence-electron chi connectivity index (χ4n) is 3.18. The Morgan fingerprint density at radius 3 is 3.27 bits per heavy atom. The third-order valence-corrected chi connectivity index (χ3v) is 4.33. The summed E-state index contributed by atoms with van der Waals surface area (Å²) in [6.45, 7) is 1.78. The van der Waals surface area contributed by atoms with E-state index in [4.69, 9.17) is 10.5 Å². The summed E-state index contributed by atoms with van der Waals surface area (Å²) in [6.07, 6.45) is 4.88. The zero-order chi connectivity index (χ0) is 15.1. The average Bonchev–Trinajstić information content (AvgIpc) is 2.91. The first-order valence-electron chi connectivity index (χ1n) is 7.41. The zero-order valence-electron chi connectivity index (χ0n) is 12.1. The van der Waals surface area contributed by atoms with Crippen LogP contribution in [0, 0.1) is 0 Å². The van der Waals surface area contributed by atoms with Crippen LogP contribution in [0.4, 0.5) is 11.5 Å². The molecule has 22 heavy (non-hydrogen) atoms. The topological polar surface area (TPSA) is 95.1 Å². The second-order valence-electron chi connectivity index (χ2n) is 5.59. The molecule has 2 aliphatic heterocycles. The summed E-state index contributed by atoms with van der Waals surface area (Å²) < 4.78 is 6.75. The molecule has 0 spiro atoms. The number of pyridine rings is 1. The molecular formula is C15H17N5O2. The molecule has 1 atom stereocenters. The SMILES string of the molecule is Nc1c2c(nn1C(=O)C1CCNc3cnccc31)COCC2. The Balaban J connectivity index is 1.73. The smallest absolute Gasteiger partial charge is 0.256 e. The maximum atomic E-state index is 12.9. The van der Waals surface area contributed by atoms with E-state index in [1.54, 1.807) is 12.4 Å². The monoisotopic (exact) mass is 299 g/mol. The van der Waals surface area contributed by atoms with Crippen LogP contribution in [0.5, 0.6) is 0 Å². The van der Waals surface area contributed by atoms with Crippen LogP contribution in [-0.2, 0) is 17.8 Å². The largest absolute Gasteiger partial charge is 0.384 e. The van der Waals surface area contributed by atoms with Crippen LogP contribution >= 0.6 is 0 Å². The fourth-order valence-corrected chi connectivity index (χ4v) is 3.18. The van der Waals surface area contributed by atoms with E-state index in [-0.39, 0.29) is 11.8 Å². The van der Waals surface area contributed by atoms with Gasteiger partial charge in [0.05, 0.1) is 36.7 Å². The number of hydrogen-bond acceptors (Lipinski definition) is 6. The molecule has 1 unspecified atom stereocenters. The number of nitrogens with two attached hydrogens (primary N) is 1. The van der Waals surface area contributed by atoms with E-state index in [1.165, 1.54) is 4.68 Å². The summed E-state index contributed by atoms with van der Waals surface area (Å²) in [4.78, 5) is 17.0. The highest BCUT2D eigenvalue weighted by molar-refractivity contribution is 5.90. The Morgan fingerprint density at radius 1 is 1.50 bits per heavy atom. The maximum absolute atomic E-state index is 12.9. The normalized spacial score (nSPS) is 19.9. The predicted octanol–water partition coefficient (Wildman–Crippen LogP) is 1.17. The van der Waals surface area contributed by atoms with Gasteiger partial charge in [0.15, 0.2) is 0 Å². The zero-order valence-corrected chi connectivity index (χ0v) is 12.1. The first kappa shape index (κ1) is 13.3. The molecule has 2 aromatic rings. The molecule has 0 saturated carbocycles. The second-order valence-corrected chi connectivity index (χ2v) is 5.59. The molecule has 0 saturated heterocycles. The van der Waals surface area contributed by atoms with Crippen molar-refractivity contribution in [2.45, 2.75) is 25.4 Å². The minimum absolute atomic E-state index is 0.0825. The molecule has 0 aromatic carbocycles. The van der Waals surface area contributed by atoms with E-state index in [1.807, 2.05) is 6.07 Å². The summed E-state index contributed by atoms with van der Waals surface area (Å²) >= 11 is 0. The van der Waals surface area contributed by atoms with Gasteiger partial charge in [-0.25, -0.2) is 0 Å². The molecule has 0 aliphatic carbocycles. The lowest BCUT2D eigenvalue weighted by atomic mass is 9.91. The van der Waals surface area contributed by atoms with Crippen LogP contribution in [0.2, 0.25) is 0 Å². The van der Waals surface area contributed by atoms with E-state index >= 15 is 0 Å². The van der Waals surface area contributed by atoms with Gasteiger partial charge in [-0.1, -0.05) is 0 Å². The Morgan fingerprint density at radius 2 is 2.41 bits per heavy atom. The molecule has 0 fully saturated rings. The lowest BCUT2D eigenvalue weighted by Gasteiger charge is -2.25. The molecule has 4 heterocycles. The van der Waals surface area contributed by atoms with Gasteiger partial charge >= 0.3 is 0 Å². The van der Waals surface area contributed by atoms with Crippen molar-refractivity contribution in [3.05, 3.63) is 35.3 Å². The maximum Gasteiger partial charge on any atom is 0.256 e. The van der Waals surface area contributed by atoms with Gasteiger partial charge in [0, 0.05) is 24.7 Å². The average molecular weight is 299 g/mol. The van der Waals surface area contributed by atoms with Crippen LogP contribution < -0.4 is 11.1 Å². The molecule has 0 radical (unpaired) electrons. The number of carbonyl (C=O) groups is 1. The molecule has 4 rings (SSSR count). The van der Waals surface area contributed by atoms with E-state index in [0.29, 0.717) is 25.5 Å². The number of rotatable bonds is 1. The molecule has 7 nitrogen and oxygen atoms in total. The Labute approximate surface area is 127 Å². The van der Waals surface area contributed by atoms with E-state index < -0.39 is 0 Å². The number of anilines is 2. The minimum Gasteiger partial charge on any atom is -0.384 e. The van der Waals surface area contributed by atoms with Crippen molar-refractivity contribution >= 4 is 17.4 Å². The fraction of sp³-hybridized carbons (Fsp3) is 0.400. The lowest BCUT2D eigenvalue weighted by Crippen LogP contribution is -2.28. The van der Waals surface area contributed by atoms with Crippen LogP contribution in [0.15, 0.2) is 18.5 Å². The van der Waals surface area contributed by atoms with Crippen molar-refractivity contribution < 1.29 is 9.53 Å². The van der Waals surface area contributed by atoms with E-state index in [2.05, 4.69) is 15.4 Å². The summed E-state index contributed by atoms with van der Waals surface area (Å²) in [6, 6.07) is 1.88. The Kier molecular flexibility index (Phi) is 3.07. The number of aromatic nitrogens is 3. The summed E-state index contributed by atoms with van der Waals surface area (Å²) in [5.74, 6) is 0.127. The molecule has 3 N–H and O–H groups in total. The number of ether oxygens (including phenoxy) is 1. The number of nitrogens with one attached hydrogen (secondary N) is 1. The first-order chi connectivity index (χ1) is 10.8. The van der Waals surface area contributed by atoms with Crippen LogP contribution in [-0.4, -0.2) is 33.8 Å². The predicted molar refractivity (Wildman–Crippen MR) is 80.7 cm³/mol. The van der Waals surface area contributed by atoms with Gasteiger partial charge in [-0.3, -0.25) is 9.78 Å². The van der Waals surface area contributed by atoms with Gasteiger partial charge in [-0.05, 0) is 18.1 Å². The van der Waals surface area contributed by atoms with Gasteiger partial charge < -0.3 is 15.8 Å². The van der Waals surface area contributed by atoms with Crippen molar-refractivity contribution in [1.29, 1.82) is 0 Å². The quantitative estimate of drug-likeness (QED) is 0.821. The molecule has 2 aromatic heterocycles. The third kappa shape index (κ3) is 1.97. The van der Waals surface area contributed by atoms with Crippen molar-refractivity contribution in [3.8, 4) is 0 Å². The van der Waals surface area contributed by atoms with Gasteiger partial charge in [-0.2, -0.15) is 9.78 Å². The van der Waals surface area contributed by atoms with Gasteiger partial charge in [0.2, 0.25) is 0 Å². The van der Waals surface area contributed by atoms with E-state index in [0.717, 1.165) is 35.5 Å². The summed E-state index contributed by atoms with van der Waals surface area (Å²) in [5.41, 5.74) is 9.74. The molecule has 2 aliphatic rings. The highest BCUT2D eigenvalue weighted by Gasteiger charge is 2.31. The molecule has 0 bridgehead atoms. The molecule has 7 heteroatoms. The highest BCUT2D eigenvalue weighted by Crippen LogP contribution is 2.33. The van der Waals surface area contributed by atoms with Crippen molar-refractivity contribution in [2.75, 3.05) is 24.2 Å². The minimum atomic E-state index is -0.246. The summed E-state index contributed by atoms with van der Waals surface area (Å²) in [7, 11) is 0. The number of carbonyl (C=O) groups excluding carboxylic acids is 1. The first-order valence-corrected chi connectivity index (χ1v) is 7.41. The Bertz CT molecular complexity index is 740. The summed E-state index contributed by atoms with van der Waals surface area (Å²) in [5, 5.41) is 7.65. The number of hydrogen-bond donors (Lipinski definition) is 2. The van der Waals surface area contributed by atoms with E-state index in [9.17, 15) is 4.79 Å². The van der Waals surface area contributed by atoms with Crippen molar-refractivity contribution in [3.63, 3.8) is 0 Å². The molecule has 114 valence electrons. The van der Waals surface area contributed by atoms with Gasteiger partial charge in [0.25, 0.3) is 5.91 Å². The highest BCUT2D eigenvalue weighted by atomic mass is 16.5. The molecular weight excluding hydrogens is 282 g/mol. The van der Waals surface area contributed by atoms with Crippen LogP contribution in [0.3, 0.4) is 0 Å². The number of fused-ring (bicyclic) bond motifs is 2. The van der Waals surface area contributed by atoms with Crippen LogP contribution in [0.25, 0.3) is 0 Å². The number of nitrogen functional groups attached to an aromatic ring is 1. The van der Waals surface area contributed by atoms with Gasteiger partial charge in [0.1, 0.15) is 5.82 Å². The van der Waals surface area contributed by atoms with Crippen LogP contribution in [0.1, 0.15) is 34.0 Å². The Hall–Kier alpha value is -2.41. The third-order valence-electron chi connectivity index (χ3n) is 4.33. The van der Waals surface area contributed by atoms with Crippen molar-refractivity contribution in [2.24, 2.45) is 0 Å². The number of nitrogens with zero attached hydrogens (tertiary/aromatic N) is 3. The molecule has 0 amide bonds. The van der Waals surface area contributed by atoms with Crippen molar-refractivity contribution in [1.82, 2.24) is 14.8 Å². The standard InChI is InChI=1S/C15H17N5O2/c16-14-11-3-6-22-8-13(11)19-20(14)15(21)10-2-5-18-12-7-17-4-1-9(10)12/h1,4,7,10,18H,2-3,5-6,8,16H2. The second kappa shape index (κ2) is 5.10.